The van der Waals surface area contributed by atoms with E-state index in [2.05, 4.69) is 22.8 Å². The van der Waals surface area contributed by atoms with Gasteiger partial charge in [-0.05, 0) is 36.5 Å². The summed E-state index contributed by atoms with van der Waals surface area (Å²) in [5, 5.41) is 5.81. The Morgan fingerprint density at radius 3 is 2.52 bits per heavy atom. The lowest BCUT2D eigenvalue weighted by Crippen LogP contribution is -2.32. The van der Waals surface area contributed by atoms with Gasteiger partial charge >= 0.3 is 0 Å². The van der Waals surface area contributed by atoms with Gasteiger partial charge in [0.15, 0.2) is 5.76 Å². The van der Waals surface area contributed by atoms with Crippen molar-refractivity contribution in [1.29, 1.82) is 0 Å². The number of hydrogen-bond acceptors (Lipinski definition) is 3. The zero-order valence-corrected chi connectivity index (χ0v) is 14.5. The van der Waals surface area contributed by atoms with Crippen LogP contribution in [-0.2, 0) is 11.3 Å². The first kappa shape index (κ1) is 17.3. The van der Waals surface area contributed by atoms with E-state index in [0.29, 0.717) is 11.7 Å². The zero-order valence-electron chi connectivity index (χ0n) is 14.5. The number of amides is 2. The van der Waals surface area contributed by atoms with Gasteiger partial charge in [-0.15, -0.1) is 0 Å². The van der Waals surface area contributed by atoms with Crippen LogP contribution in [0.4, 0.5) is 0 Å². The average Bonchev–Trinajstić information content (AvgIpc) is 3.30. The minimum atomic E-state index is -0.213. The molecule has 0 aliphatic heterocycles. The summed E-state index contributed by atoms with van der Waals surface area (Å²) < 4.78 is 5.57. The molecule has 1 saturated carbocycles. The maximum absolute atomic E-state index is 12.6. The molecule has 0 saturated heterocycles. The summed E-state index contributed by atoms with van der Waals surface area (Å²) in [5.41, 5.74) is 1.13. The van der Waals surface area contributed by atoms with Crippen molar-refractivity contribution in [1.82, 2.24) is 10.6 Å². The number of carbonyl (C=O) groups excluding carboxylic acids is 2. The number of benzene rings is 1. The molecule has 1 fully saturated rings. The molecule has 1 aliphatic rings. The van der Waals surface area contributed by atoms with E-state index in [4.69, 9.17) is 4.42 Å². The molecule has 1 heterocycles. The summed E-state index contributed by atoms with van der Waals surface area (Å²) in [4.78, 5) is 23.6. The lowest BCUT2D eigenvalue weighted by Gasteiger charge is -2.24. The largest absolute Gasteiger partial charge is 0.454 e. The van der Waals surface area contributed by atoms with Gasteiger partial charge in [0.05, 0.1) is 12.6 Å². The van der Waals surface area contributed by atoms with Gasteiger partial charge in [0.25, 0.3) is 5.91 Å². The van der Waals surface area contributed by atoms with Gasteiger partial charge < -0.3 is 15.1 Å². The van der Waals surface area contributed by atoms with Gasteiger partial charge in [0.1, 0.15) is 5.76 Å². The molecule has 1 unspecified atom stereocenters. The fourth-order valence-electron chi connectivity index (χ4n) is 3.44. The fraction of sp³-hybridized carbons (Fsp3) is 0.400. The van der Waals surface area contributed by atoms with Crippen molar-refractivity contribution in [3.05, 3.63) is 59.5 Å². The molecule has 2 N–H and O–H groups in total. The SMILES string of the molecule is CC(=O)NCc1ccc(C(=O)NC(c2ccccc2)C2CCCC2)o1. The van der Waals surface area contributed by atoms with Crippen LogP contribution < -0.4 is 10.6 Å². The third-order valence-electron chi connectivity index (χ3n) is 4.71. The Morgan fingerprint density at radius 2 is 1.84 bits per heavy atom. The Morgan fingerprint density at radius 1 is 1.12 bits per heavy atom. The van der Waals surface area contributed by atoms with E-state index in [1.165, 1.54) is 19.8 Å². The highest BCUT2D eigenvalue weighted by atomic mass is 16.4. The quantitative estimate of drug-likeness (QED) is 0.844. The fourth-order valence-corrected chi connectivity index (χ4v) is 3.44. The van der Waals surface area contributed by atoms with Gasteiger partial charge in [-0.2, -0.15) is 0 Å². The van der Waals surface area contributed by atoms with E-state index in [0.717, 1.165) is 18.4 Å². The normalized spacial score (nSPS) is 15.7. The predicted octanol–water partition coefficient (Wildman–Crippen LogP) is 3.58. The van der Waals surface area contributed by atoms with Crippen molar-refractivity contribution < 1.29 is 14.0 Å². The van der Waals surface area contributed by atoms with Crippen molar-refractivity contribution in [3.8, 4) is 0 Å². The monoisotopic (exact) mass is 340 g/mol. The Bertz CT molecular complexity index is 718. The highest BCUT2D eigenvalue weighted by Gasteiger charge is 2.28. The van der Waals surface area contributed by atoms with Gasteiger partial charge in [-0.1, -0.05) is 43.2 Å². The second-order valence-corrected chi connectivity index (χ2v) is 6.58. The van der Waals surface area contributed by atoms with Crippen LogP contribution in [0.3, 0.4) is 0 Å². The molecule has 1 aliphatic carbocycles. The maximum Gasteiger partial charge on any atom is 0.287 e. The molecule has 5 nitrogen and oxygen atoms in total. The van der Waals surface area contributed by atoms with Crippen LogP contribution >= 0.6 is 0 Å². The molecule has 1 atom stereocenters. The first-order valence-electron chi connectivity index (χ1n) is 8.82. The standard InChI is InChI=1S/C20H24N2O3/c1-14(23)21-13-17-11-12-18(25-17)20(24)22-19(16-9-5-6-10-16)15-7-3-2-4-8-15/h2-4,7-8,11-12,16,19H,5-6,9-10,13H2,1H3,(H,21,23)(H,22,24). The van der Waals surface area contributed by atoms with Gasteiger partial charge in [-0.3, -0.25) is 9.59 Å². The van der Waals surface area contributed by atoms with Crippen LogP contribution in [0.1, 0.15) is 60.5 Å². The van der Waals surface area contributed by atoms with Crippen LogP contribution in [0.15, 0.2) is 46.9 Å². The summed E-state index contributed by atoms with van der Waals surface area (Å²) in [5.74, 6) is 0.958. The van der Waals surface area contributed by atoms with Crippen molar-refractivity contribution >= 4 is 11.8 Å². The van der Waals surface area contributed by atoms with E-state index in [1.54, 1.807) is 12.1 Å². The van der Waals surface area contributed by atoms with Crippen molar-refractivity contribution in [3.63, 3.8) is 0 Å². The average molecular weight is 340 g/mol. The number of carbonyl (C=O) groups is 2. The first-order chi connectivity index (χ1) is 12.1. The van der Waals surface area contributed by atoms with Crippen LogP contribution in [0, 0.1) is 5.92 Å². The molecule has 5 heteroatoms. The van der Waals surface area contributed by atoms with E-state index in [-0.39, 0.29) is 30.2 Å². The molecular formula is C20H24N2O3. The first-order valence-corrected chi connectivity index (χ1v) is 8.82. The number of hydrogen-bond donors (Lipinski definition) is 2. The molecule has 1 aromatic carbocycles. The summed E-state index contributed by atoms with van der Waals surface area (Å²) in [6.45, 7) is 1.73. The van der Waals surface area contributed by atoms with Crippen LogP contribution in [0.5, 0.6) is 0 Å². The van der Waals surface area contributed by atoms with E-state index in [1.807, 2.05) is 18.2 Å². The summed E-state index contributed by atoms with van der Waals surface area (Å²) in [7, 11) is 0. The van der Waals surface area contributed by atoms with Crippen molar-refractivity contribution in [2.24, 2.45) is 5.92 Å². The third-order valence-corrected chi connectivity index (χ3v) is 4.71. The third kappa shape index (κ3) is 4.50. The molecule has 0 radical (unpaired) electrons. The summed E-state index contributed by atoms with van der Waals surface area (Å²) >= 11 is 0. The molecule has 25 heavy (non-hydrogen) atoms. The lowest BCUT2D eigenvalue weighted by molar-refractivity contribution is -0.119. The van der Waals surface area contributed by atoms with Crippen molar-refractivity contribution in [2.45, 2.75) is 45.2 Å². The maximum atomic E-state index is 12.6. The van der Waals surface area contributed by atoms with Gasteiger partial charge in [-0.25, -0.2) is 0 Å². The van der Waals surface area contributed by atoms with Crippen LogP contribution in [0.25, 0.3) is 0 Å². The lowest BCUT2D eigenvalue weighted by atomic mass is 9.91. The molecule has 2 amide bonds. The van der Waals surface area contributed by atoms with E-state index < -0.39 is 0 Å². The Labute approximate surface area is 147 Å². The van der Waals surface area contributed by atoms with Gasteiger partial charge in [0, 0.05) is 6.92 Å². The second kappa shape index (κ2) is 8.01. The zero-order chi connectivity index (χ0) is 17.6. The highest BCUT2D eigenvalue weighted by Crippen LogP contribution is 2.35. The van der Waals surface area contributed by atoms with Crippen LogP contribution in [-0.4, -0.2) is 11.8 Å². The molecule has 0 bridgehead atoms. The molecule has 1 aromatic heterocycles. The second-order valence-electron chi connectivity index (χ2n) is 6.58. The highest BCUT2D eigenvalue weighted by molar-refractivity contribution is 5.91. The number of furan rings is 1. The van der Waals surface area contributed by atoms with E-state index in [9.17, 15) is 9.59 Å². The minimum absolute atomic E-state index is 0.0000876. The Hall–Kier alpha value is -2.56. The molecule has 3 rings (SSSR count). The smallest absolute Gasteiger partial charge is 0.287 e. The topological polar surface area (TPSA) is 71.3 Å². The predicted molar refractivity (Wildman–Crippen MR) is 94.8 cm³/mol. The Kier molecular flexibility index (Phi) is 5.53. The van der Waals surface area contributed by atoms with Crippen LogP contribution in [0.2, 0.25) is 0 Å². The number of nitrogens with one attached hydrogen (secondary N) is 2. The molecular weight excluding hydrogens is 316 g/mol. The molecule has 2 aromatic rings. The summed E-state index contributed by atoms with van der Waals surface area (Å²) in [6, 6.07) is 13.5. The van der Waals surface area contributed by atoms with E-state index >= 15 is 0 Å². The minimum Gasteiger partial charge on any atom is -0.454 e. The van der Waals surface area contributed by atoms with Gasteiger partial charge in [0.2, 0.25) is 5.91 Å². The number of rotatable bonds is 6. The van der Waals surface area contributed by atoms with Crippen molar-refractivity contribution in [2.75, 3.05) is 0 Å². The summed E-state index contributed by atoms with van der Waals surface area (Å²) in [6.07, 6.45) is 4.69. The Balaban J connectivity index is 1.71. The molecule has 132 valence electrons. The molecule has 0 spiro atoms.